The summed E-state index contributed by atoms with van der Waals surface area (Å²) in [6.45, 7) is 5.91. The molecule has 1 aromatic heterocycles. The number of anilines is 1. The molecule has 0 spiro atoms. The fourth-order valence-corrected chi connectivity index (χ4v) is 4.73. The molecule has 1 saturated carbocycles. The van der Waals surface area contributed by atoms with Crippen LogP contribution in [0, 0.1) is 11.8 Å². The number of hydrogen-bond donors (Lipinski definition) is 3. The Bertz CT molecular complexity index is 856. The Kier molecular flexibility index (Phi) is 7.25. The molecule has 2 aliphatic rings. The minimum atomic E-state index is -0.125. The third-order valence-corrected chi connectivity index (χ3v) is 7.05. The van der Waals surface area contributed by atoms with E-state index >= 15 is 0 Å². The topological polar surface area (TPSA) is 73.5 Å². The Morgan fingerprint density at radius 2 is 1.84 bits per heavy atom. The minimum absolute atomic E-state index is 0.0965. The molecule has 2 aromatic rings. The summed E-state index contributed by atoms with van der Waals surface area (Å²) in [4.78, 5) is 28.1. The Morgan fingerprint density at radius 1 is 1.10 bits per heavy atom. The highest BCUT2D eigenvalue weighted by Gasteiger charge is 2.29. The lowest BCUT2D eigenvalue weighted by molar-refractivity contribution is -0.117. The summed E-state index contributed by atoms with van der Waals surface area (Å²) >= 11 is 1.82. The van der Waals surface area contributed by atoms with Gasteiger partial charge in [0.25, 0.3) is 0 Å². The summed E-state index contributed by atoms with van der Waals surface area (Å²) < 4.78 is 0. The van der Waals surface area contributed by atoms with Gasteiger partial charge >= 0.3 is 6.03 Å². The number of carbonyl (C=O) groups is 2. The van der Waals surface area contributed by atoms with E-state index in [1.54, 1.807) is 0 Å². The van der Waals surface area contributed by atoms with Crippen LogP contribution in [0.15, 0.2) is 41.8 Å². The molecule has 166 valence electrons. The molecule has 1 saturated heterocycles. The van der Waals surface area contributed by atoms with Crippen molar-refractivity contribution in [3.8, 4) is 0 Å². The number of thiophene rings is 1. The van der Waals surface area contributed by atoms with Crippen LogP contribution in [-0.4, -0.2) is 36.5 Å². The van der Waals surface area contributed by atoms with Crippen LogP contribution < -0.4 is 16.0 Å². The van der Waals surface area contributed by atoms with Gasteiger partial charge in [0, 0.05) is 29.6 Å². The first-order valence-corrected chi connectivity index (χ1v) is 12.1. The van der Waals surface area contributed by atoms with Crippen molar-refractivity contribution in [2.24, 2.45) is 11.8 Å². The van der Waals surface area contributed by atoms with Crippen LogP contribution in [0.5, 0.6) is 0 Å². The number of hydrogen-bond acceptors (Lipinski definition) is 4. The highest BCUT2D eigenvalue weighted by atomic mass is 32.1. The van der Waals surface area contributed by atoms with E-state index in [0.717, 1.165) is 63.1 Å². The van der Waals surface area contributed by atoms with Crippen molar-refractivity contribution in [3.63, 3.8) is 0 Å². The molecule has 1 aliphatic carbocycles. The maximum Gasteiger partial charge on any atom is 0.315 e. The number of benzene rings is 1. The lowest BCUT2D eigenvalue weighted by Gasteiger charge is -2.31. The molecule has 3 N–H and O–H groups in total. The molecular weight excluding hydrogens is 408 g/mol. The second-order valence-electron chi connectivity index (χ2n) is 8.76. The SMILES string of the molecule is CC(NC(=O)NCC1CCN(Cc2cccs2)CC1)c1ccc(NC(=O)C2CC2)cc1. The van der Waals surface area contributed by atoms with E-state index in [0.29, 0.717) is 5.92 Å². The Balaban J connectivity index is 1.14. The van der Waals surface area contributed by atoms with E-state index in [1.165, 1.54) is 4.88 Å². The predicted molar refractivity (Wildman–Crippen MR) is 125 cm³/mol. The molecule has 31 heavy (non-hydrogen) atoms. The van der Waals surface area contributed by atoms with Crippen LogP contribution >= 0.6 is 11.3 Å². The molecule has 2 heterocycles. The van der Waals surface area contributed by atoms with E-state index in [4.69, 9.17) is 0 Å². The predicted octanol–water partition coefficient (Wildman–Crippen LogP) is 4.37. The average Bonchev–Trinajstić information content (AvgIpc) is 3.51. The van der Waals surface area contributed by atoms with E-state index in [1.807, 2.05) is 42.5 Å². The molecule has 1 unspecified atom stereocenters. The number of urea groups is 1. The highest BCUT2D eigenvalue weighted by molar-refractivity contribution is 7.09. The zero-order chi connectivity index (χ0) is 21.6. The van der Waals surface area contributed by atoms with Gasteiger partial charge in [0.15, 0.2) is 0 Å². The van der Waals surface area contributed by atoms with Gasteiger partial charge in [-0.15, -0.1) is 11.3 Å². The molecule has 6 nitrogen and oxygen atoms in total. The lowest BCUT2D eigenvalue weighted by Crippen LogP contribution is -2.42. The Morgan fingerprint density at radius 3 is 2.48 bits per heavy atom. The largest absolute Gasteiger partial charge is 0.338 e. The van der Waals surface area contributed by atoms with Crippen LogP contribution in [0.3, 0.4) is 0 Å². The van der Waals surface area contributed by atoms with Gasteiger partial charge < -0.3 is 16.0 Å². The summed E-state index contributed by atoms with van der Waals surface area (Å²) in [5, 5.41) is 11.1. The molecule has 1 aliphatic heterocycles. The molecule has 0 radical (unpaired) electrons. The monoisotopic (exact) mass is 440 g/mol. The van der Waals surface area contributed by atoms with Crippen LogP contribution in [-0.2, 0) is 11.3 Å². The van der Waals surface area contributed by atoms with Crippen LogP contribution in [0.1, 0.15) is 49.1 Å². The van der Waals surface area contributed by atoms with E-state index in [-0.39, 0.29) is 23.9 Å². The fourth-order valence-electron chi connectivity index (χ4n) is 3.98. The fraction of sp³-hybridized carbons (Fsp3) is 0.500. The van der Waals surface area contributed by atoms with Gasteiger partial charge in [0.1, 0.15) is 0 Å². The first kappa shape index (κ1) is 21.8. The molecule has 4 rings (SSSR count). The van der Waals surface area contributed by atoms with Gasteiger partial charge in [-0.2, -0.15) is 0 Å². The van der Waals surface area contributed by atoms with Crippen LogP contribution in [0.2, 0.25) is 0 Å². The standard InChI is InChI=1S/C24H32N4O2S/c1-17(19-6-8-21(9-7-19)27-23(29)20-4-5-20)26-24(30)25-15-18-10-12-28(13-11-18)16-22-3-2-14-31-22/h2-3,6-9,14,17-18,20H,4-5,10-13,15-16H2,1H3,(H,27,29)(H2,25,26,30). The van der Waals surface area contributed by atoms with Gasteiger partial charge in [-0.05, 0) is 80.8 Å². The number of rotatable bonds is 8. The summed E-state index contributed by atoms with van der Waals surface area (Å²) in [6, 6.07) is 11.8. The van der Waals surface area contributed by atoms with Crippen LogP contribution in [0.4, 0.5) is 10.5 Å². The third kappa shape index (κ3) is 6.55. The van der Waals surface area contributed by atoms with E-state index in [2.05, 4.69) is 38.4 Å². The van der Waals surface area contributed by atoms with Gasteiger partial charge in [-0.3, -0.25) is 9.69 Å². The first-order chi connectivity index (χ1) is 15.1. The number of piperidine rings is 1. The van der Waals surface area contributed by atoms with E-state index in [9.17, 15) is 9.59 Å². The number of amides is 3. The van der Waals surface area contributed by atoms with Crippen molar-refractivity contribution in [2.75, 3.05) is 25.0 Å². The van der Waals surface area contributed by atoms with Gasteiger partial charge in [0.2, 0.25) is 5.91 Å². The van der Waals surface area contributed by atoms with Crippen LogP contribution in [0.25, 0.3) is 0 Å². The zero-order valence-corrected chi connectivity index (χ0v) is 18.9. The lowest BCUT2D eigenvalue weighted by atomic mass is 9.97. The average molecular weight is 441 g/mol. The number of nitrogens with zero attached hydrogens (tertiary/aromatic N) is 1. The van der Waals surface area contributed by atoms with Gasteiger partial charge in [0.05, 0.1) is 6.04 Å². The second-order valence-corrected chi connectivity index (χ2v) is 9.79. The second kappa shape index (κ2) is 10.3. The van der Waals surface area contributed by atoms with Crippen molar-refractivity contribution in [2.45, 2.75) is 45.2 Å². The Hall–Kier alpha value is -2.38. The zero-order valence-electron chi connectivity index (χ0n) is 18.1. The van der Waals surface area contributed by atoms with Crippen molar-refractivity contribution in [1.29, 1.82) is 0 Å². The maximum atomic E-state index is 12.4. The molecule has 2 fully saturated rings. The van der Waals surface area contributed by atoms with Crippen molar-refractivity contribution < 1.29 is 9.59 Å². The summed E-state index contributed by atoms with van der Waals surface area (Å²) in [7, 11) is 0. The summed E-state index contributed by atoms with van der Waals surface area (Å²) in [6.07, 6.45) is 4.23. The van der Waals surface area contributed by atoms with Gasteiger partial charge in [-0.25, -0.2) is 4.79 Å². The highest BCUT2D eigenvalue weighted by Crippen LogP contribution is 2.30. The van der Waals surface area contributed by atoms with Crippen molar-refractivity contribution in [3.05, 3.63) is 52.2 Å². The third-order valence-electron chi connectivity index (χ3n) is 6.19. The first-order valence-electron chi connectivity index (χ1n) is 11.3. The molecule has 3 amide bonds. The molecule has 0 bridgehead atoms. The summed E-state index contributed by atoms with van der Waals surface area (Å²) in [5.74, 6) is 0.836. The number of carbonyl (C=O) groups excluding carboxylic acids is 2. The molecule has 1 atom stereocenters. The quantitative estimate of drug-likeness (QED) is 0.571. The molecular formula is C24H32N4O2S. The summed E-state index contributed by atoms with van der Waals surface area (Å²) in [5.41, 5.74) is 1.82. The minimum Gasteiger partial charge on any atom is -0.338 e. The van der Waals surface area contributed by atoms with Gasteiger partial charge in [-0.1, -0.05) is 18.2 Å². The molecule has 1 aromatic carbocycles. The Labute approximate surface area is 188 Å². The number of nitrogens with one attached hydrogen (secondary N) is 3. The van der Waals surface area contributed by atoms with Crippen molar-refractivity contribution in [1.82, 2.24) is 15.5 Å². The van der Waals surface area contributed by atoms with E-state index < -0.39 is 0 Å². The smallest absolute Gasteiger partial charge is 0.315 e. The number of likely N-dealkylation sites (tertiary alicyclic amines) is 1. The molecule has 7 heteroatoms. The normalized spacial score (nSPS) is 18.4. The van der Waals surface area contributed by atoms with Crippen molar-refractivity contribution >= 4 is 29.0 Å². The maximum absolute atomic E-state index is 12.4.